The van der Waals surface area contributed by atoms with E-state index in [0.717, 1.165) is 15.9 Å². The minimum atomic E-state index is -0.119. The van der Waals surface area contributed by atoms with Crippen LogP contribution < -0.4 is 14.4 Å². The second-order valence-corrected chi connectivity index (χ2v) is 5.26. The van der Waals surface area contributed by atoms with Crippen LogP contribution in [0.4, 0.5) is 5.69 Å². The molecular weight excluding hydrogens is 334 g/mol. The minimum Gasteiger partial charge on any atom is -0.497 e. The van der Waals surface area contributed by atoms with E-state index < -0.39 is 0 Å². The number of methoxy groups -OCH3 is 2. The third-order valence-corrected chi connectivity index (χ3v) is 3.86. The van der Waals surface area contributed by atoms with Crippen LogP contribution in [0.25, 0.3) is 0 Å². The number of carbonyl (C=O) groups excluding carboxylic acids is 1. The molecule has 0 unspecified atom stereocenters. The second-order valence-electron chi connectivity index (χ2n) is 4.41. The maximum atomic E-state index is 12.6. The van der Waals surface area contributed by atoms with E-state index in [-0.39, 0.29) is 5.91 Å². The summed E-state index contributed by atoms with van der Waals surface area (Å²) in [5.74, 6) is 1.28. The summed E-state index contributed by atoms with van der Waals surface area (Å²) in [7, 11) is 4.91. The van der Waals surface area contributed by atoms with Gasteiger partial charge in [0.1, 0.15) is 11.5 Å². The van der Waals surface area contributed by atoms with Gasteiger partial charge in [-0.05, 0) is 58.4 Å². The van der Waals surface area contributed by atoms with Crippen LogP contribution in [0, 0.1) is 0 Å². The van der Waals surface area contributed by atoms with E-state index in [1.165, 1.54) is 0 Å². The maximum Gasteiger partial charge on any atom is 0.259 e. The molecule has 0 aromatic heterocycles. The van der Waals surface area contributed by atoms with Gasteiger partial charge in [0.05, 0.1) is 19.8 Å². The number of halogens is 1. The first-order valence-electron chi connectivity index (χ1n) is 6.32. The van der Waals surface area contributed by atoms with E-state index in [0.29, 0.717) is 11.3 Å². The quantitative estimate of drug-likeness (QED) is 0.843. The molecule has 5 heteroatoms. The first kappa shape index (κ1) is 15.4. The Hall–Kier alpha value is -2.01. The van der Waals surface area contributed by atoms with Gasteiger partial charge in [-0.15, -0.1) is 0 Å². The predicted molar refractivity (Wildman–Crippen MR) is 86.4 cm³/mol. The lowest BCUT2D eigenvalue weighted by Crippen LogP contribution is -2.26. The Balaban J connectivity index is 2.29. The van der Waals surface area contributed by atoms with Crippen molar-refractivity contribution in [3.05, 3.63) is 52.5 Å². The number of carbonyl (C=O) groups is 1. The first-order chi connectivity index (χ1) is 10.1. The molecule has 2 aromatic rings. The van der Waals surface area contributed by atoms with Crippen LogP contribution in [0.5, 0.6) is 11.5 Å². The van der Waals surface area contributed by atoms with Crippen LogP contribution >= 0.6 is 15.9 Å². The van der Waals surface area contributed by atoms with Gasteiger partial charge in [-0.25, -0.2) is 0 Å². The predicted octanol–water partition coefficient (Wildman–Crippen LogP) is 3.74. The average molecular weight is 350 g/mol. The lowest BCUT2D eigenvalue weighted by atomic mass is 10.1. The minimum absolute atomic E-state index is 0.119. The molecule has 2 aromatic carbocycles. The fourth-order valence-electron chi connectivity index (χ4n) is 1.90. The van der Waals surface area contributed by atoms with Crippen molar-refractivity contribution in [2.75, 3.05) is 26.2 Å². The number of ether oxygens (including phenoxy) is 2. The molecule has 0 N–H and O–H groups in total. The number of benzene rings is 2. The van der Waals surface area contributed by atoms with Gasteiger partial charge in [0.25, 0.3) is 5.91 Å². The number of amides is 1. The van der Waals surface area contributed by atoms with Gasteiger partial charge < -0.3 is 14.4 Å². The average Bonchev–Trinajstić information content (AvgIpc) is 2.54. The van der Waals surface area contributed by atoms with Crippen molar-refractivity contribution < 1.29 is 14.3 Å². The summed E-state index contributed by atoms with van der Waals surface area (Å²) in [5.41, 5.74) is 1.34. The van der Waals surface area contributed by atoms with Crippen molar-refractivity contribution in [1.29, 1.82) is 0 Å². The smallest absolute Gasteiger partial charge is 0.259 e. The van der Waals surface area contributed by atoms with Gasteiger partial charge in [-0.2, -0.15) is 0 Å². The largest absolute Gasteiger partial charge is 0.497 e. The summed E-state index contributed by atoms with van der Waals surface area (Å²) < 4.78 is 11.0. The summed E-state index contributed by atoms with van der Waals surface area (Å²) in [6, 6.07) is 12.6. The fourth-order valence-corrected chi connectivity index (χ4v) is 2.32. The topological polar surface area (TPSA) is 38.8 Å². The number of hydrogen-bond donors (Lipinski definition) is 0. The third kappa shape index (κ3) is 3.36. The number of anilines is 1. The lowest BCUT2D eigenvalue weighted by Gasteiger charge is -2.19. The van der Waals surface area contributed by atoms with E-state index in [2.05, 4.69) is 15.9 Å². The van der Waals surface area contributed by atoms with Crippen LogP contribution in [0.3, 0.4) is 0 Å². The van der Waals surface area contributed by atoms with E-state index in [1.54, 1.807) is 44.4 Å². The van der Waals surface area contributed by atoms with Crippen LogP contribution in [0.15, 0.2) is 46.9 Å². The van der Waals surface area contributed by atoms with Gasteiger partial charge in [0, 0.05) is 17.2 Å². The second kappa shape index (κ2) is 6.63. The SMILES string of the molecule is COc1ccc(N(C)C(=O)c2cc(OC)ccc2Br)cc1. The number of rotatable bonds is 4. The third-order valence-electron chi connectivity index (χ3n) is 3.17. The van der Waals surface area contributed by atoms with E-state index in [4.69, 9.17) is 9.47 Å². The highest BCUT2D eigenvalue weighted by atomic mass is 79.9. The Morgan fingerprint density at radius 3 is 2.14 bits per heavy atom. The van der Waals surface area contributed by atoms with Crippen molar-refractivity contribution >= 4 is 27.5 Å². The highest BCUT2D eigenvalue weighted by molar-refractivity contribution is 9.10. The van der Waals surface area contributed by atoms with Gasteiger partial charge in [0.15, 0.2) is 0 Å². The van der Waals surface area contributed by atoms with Crippen LogP contribution in [-0.4, -0.2) is 27.2 Å². The van der Waals surface area contributed by atoms with Gasteiger partial charge in [0.2, 0.25) is 0 Å². The van der Waals surface area contributed by atoms with Gasteiger partial charge >= 0.3 is 0 Å². The van der Waals surface area contributed by atoms with Crippen LogP contribution in [-0.2, 0) is 0 Å². The lowest BCUT2D eigenvalue weighted by molar-refractivity contribution is 0.0992. The molecule has 0 saturated carbocycles. The van der Waals surface area contributed by atoms with Crippen LogP contribution in [0.1, 0.15) is 10.4 Å². The molecule has 110 valence electrons. The number of hydrogen-bond acceptors (Lipinski definition) is 3. The molecular formula is C16H16BrNO3. The molecule has 0 aliphatic carbocycles. The molecule has 2 rings (SSSR count). The first-order valence-corrected chi connectivity index (χ1v) is 7.11. The maximum absolute atomic E-state index is 12.6. The zero-order chi connectivity index (χ0) is 15.4. The van der Waals surface area contributed by atoms with Crippen LogP contribution in [0.2, 0.25) is 0 Å². The van der Waals surface area contributed by atoms with Crippen molar-refractivity contribution in [3.8, 4) is 11.5 Å². The summed E-state index contributed by atoms with van der Waals surface area (Å²) in [6.07, 6.45) is 0. The van der Waals surface area contributed by atoms with Crippen molar-refractivity contribution in [2.45, 2.75) is 0 Å². The molecule has 0 fully saturated rings. The molecule has 0 aliphatic rings. The molecule has 21 heavy (non-hydrogen) atoms. The normalized spacial score (nSPS) is 10.1. The van der Waals surface area contributed by atoms with Gasteiger partial charge in [-0.3, -0.25) is 4.79 Å². The van der Waals surface area contributed by atoms with E-state index >= 15 is 0 Å². The van der Waals surface area contributed by atoms with Crippen molar-refractivity contribution in [2.24, 2.45) is 0 Å². The molecule has 0 saturated heterocycles. The standard InChI is InChI=1S/C16H16BrNO3/c1-18(11-4-6-12(20-2)7-5-11)16(19)14-10-13(21-3)8-9-15(14)17/h4-10H,1-3H3. The number of nitrogens with zero attached hydrogens (tertiary/aromatic N) is 1. The molecule has 4 nitrogen and oxygen atoms in total. The summed E-state index contributed by atoms with van der Waals surface area (Å²) in [4.78, 5) is 14.2. The van der Waals surface area contributed by atoms with E-state index in [9.17, 15) is 4.79 Å². The monoisotopic (exact) mass is 349 g/mol. The Morgan fingerprint density at radius 2 is 1.57 bits per heavy atom. The Kier molecular flexibility index (Phi) is 4.85. The Labute approximate surface area is 132 Å². The molecule has 0 atom stereocenters. The van der Waals surface area contributed by atoms with Gasteiger partial charge in [-0.1, -0.05) is 0 Å². The highest BCUT2D eigenvalue weighted by Gasteiger charge is 2.17. The Morgan fingerprint density at radius 1 is 1.00 bits per heavy atom. The molecule has 0 aliphatic heterocycles. The van der Waals surface area contributed by atoms with Crippen molar-refractivity contribution in [3.63, 3.8) is 0 Å². The van der Waals surface area contributed by atoms with Crippen molar-refractivity contribution in [1.82, 2.24) is 0 Å². The summed E-state index contributed by atoms with van der Waals surface area (Å²) >= 11 is 3.40. The zero-order valence-corrected chi connectivity index (χ0v) is 13.7. The summed E-state index contributed by atoms with van der Waals surface area (Å²) in [6.45, 7) is 0. The Bertz CT molecular complexity index is 640. The molecule has 0 spiro atoms. The highest BCUT2D eigenvalue weighted by Crippen LogP contribution is 2.26. The fraction of sp³-hybridized carbons (Fsp3) is 0.188. The summed E-state index contributed by atoms with van der Waals surface area (Å²) in [5, 5.41) is 0. The molecule has 0 heterocycles. The zero-order valence-electron chi connectivity index (χ0n) is 12.1. The molecule has 0 radical (unpaired) electrons. The molecule has 0 bridgehead atoms. The van der Waals surface area contributed by atoms with E-state index in [1.807, 2.05) is 24.3 Å². The molecule has 1 amide bonds.